The molecule has 0 aliphatic heterocycles. The van der Waals surface area contributed by atoms with Crippen LogP contribution in [-0.4, -0.2) is 51.8 Å². The molecule has 0 aliphatic rings. The molecule has 100 valence electrons. The van der Waals surface area contributed by atoms with Gasteiger partial charge in [-0.25, -0.2) is 9.59 Å². The summed E-state index contributed by atoms with van der Waals surface area (Å²) in [4.78, 5) is 21.7. The number of rotatable bonds is 10. The normalized spacial score (nSPS) is 10.0. The standard InChI is InChI=1S/C10H19NO6/c1-3-16-9(12)5-14-7-11-8-15-6-10(13)17-4-2/h11H,3-8H2,1-2H3. The Labute approximate surface area is 100 Å². The quantitative estimate of drug-likeness (QED) is 0.322. The predicted molar refractivity (Wildman–Crippen MR) is 58.0 cm³/mol. The summed E-state index contributed by atoms with van der Waals surface area (Å²) in [6.45, 7) is 4.16. The summed E-state index contributed by atoms with van der Waals surface area (Å²) in [5, 5.41) is 2.72. The lowest BCUT2D eigenvalue weighted by atomic mass is 10.7. The molecule has 0 aromatic carbocycles. The van der Waals surface area contributed by atoms with E-state index in [1.165, 1.54) is 0 Å². The third-order valence-electron chi connectivity index (χ3n) is 1.46. The minimum atomic E-state index is -0.415. The molecule has 7 heteroatoms. The van der Waals surface area contributed by atoms with Gasteiger partial charge in [-0.1, -0.05) is 0 Å². The first-order valence-corrected chi connectivity index (χ1v) is 5.38. The van der Waals surface area contributed by atoms with Gasteiger partial charge in [-0.05, 0) is 13.8 Å². The van der Waals surface area contributed by atoms with Gasteiger partial charge < -0.3 is 18.9 Å². The van der Waals surface area contributed by atoms with E-state index in [0.717, 1.165) is 0 Å². The summed E-state index contributed by atoms with van der Waals surface area (Å²) in [7, 11) is 0. The van der Waals surface area contributed by atoms with Crippen molar-refractivity contribution in [1.82, 2.24) is 5.32 Å². The molecular weight excluding hydrogens is 230 g/mol. The van der Waals surface area contributed by atoms with Crippen molar-refractivity contribution >= 4 is 11.9 Å². The van der Waals surface area contributed by atoms with Crippen LogP contribution in [0.25, 0.3) is 0 Å². The van der Waals surface area contributed by atoms with E-state index in [4.69, 9.17) is 9.47 Å². The van der Waals surface area contributed by atoms with E-state index < -0.39 is 11.9 Å². The lowest BCUT2D eigenvalue weighted by Gasteiger charge is -2.06. The number of ether oxygens (including phenoxy) is 4. The summed E-state index contributed by atoms with van der Waals surface area (Å²) in [6.07, 6.45) is 0. The number of carbonyl (C=O) groups is 2. The van der Waals surface area contributed by atoms with Crippen molar-refractivity contribution in [3.05, 3.63) is 0 Å². The van der Waals surface area contributed by atoms with E-state index in [2.05, 4.69) is 14.8 Å². The van der Waals surface area contributed by atoms with Crippen molar-refractivity contribution in [3.8, 4) is 0 Å². The molecule has 0 radical (unpaired) electrons. The van der Waals surface area contributed by atoms with Gasteiger partial charge in [0, 0.05) is 0 Å². The van der Waals surface area contributed by atoms with Gasteiger partial charge in [0.1, 0.15) is 13.2 Å². The Morgan fingerprint density at radius 1 is 0.882 bits per heavy atom. The molecule has 0 aromatic rings. The maximum atomic E-state index is 10.8. The second kappa shape index (κ2) is 11.3. The molecule has 0 spiro atoms. The lowest BCUT2D eigenvalue weighted by molar-refractivity contribution is -0.149. The molecule has 7 nitrogen and oxygen atoms in total. The highest BCUT2D eigenvalue weighted by molar-refractivity contribution is 5.70. The number of nitrogens with one attached hydrogen (secondary N) is 1. The Bertz CT molecular complexity index is 199. The van der Waals surface area contributed by atoms with Crippen LogP contribution in [0.4, 0.5) is 0 Å². The van der Waals surface area contributed by atoms with Crippen LogP contribution in [-0.2, 0) is 28.5 Å². The number of carbonyl (C=O) groups excluding carboxylic acids is 2. The third-order valence-corrected chi connectivity index (χ3v) is 1.46. The molecule has 0 bridgehead atoms. The Hall–Kier alpha value is -1.18. The molecule has 0 atom stereocenters. The molecule has 17 heavy (non-hydrogen) atoms. The predicted octanol–water partition coefficient (Wildman–Crippen LogP) is -0.350. The first-order chi connectivity index (χ1) is 8.20. The van der Waals surface area contributed by atoms with E-state index in [9.17, 15) is 9.59 Å². The molecule has 0 amide bonds. The van der Waals surface area contributed by atoms with Crippen LogP contribution in [0.5, 0.6) is 0 Å². The topological polar surface area (TPSA) is 83.1 Å². The van der Waals surface area contributed by atoms with Gasteiger partial charge in [0.05, 0.1) is 26.7 Å². The second-order valence-electron chi connectivity index (χ2n) is 2.85. The van der Waals surface area contributed by atoms with Gasteiger partial charge in [-0.2, -0.15) is 0 Å². The highest BCUT2D eigenvalue weighted by atomic mass is 16.6. The van der Waals surface area contributed by atoms with Gasteiger partial charge >= 0.3 is 11.9 Å². The van der Waals surface area contributed by atoms with Crippen LogP contribution in [0.1, 0.15) is 13.8 Å². The minimum Gasteiger partial charge on any atom is -0.464 e. The lowest BCUT2D eigenvalue weighted by Crippen LogP contribution is -2.26. The first-order valence-electron chi connectivity index (χ1n) is 5.38. The van der Waals surface area contributed by atoms with Crippen molar-refractivity contribution in [2.24, 2.45) is 0 Å². The minimum absolute atomic E-state index is 0.112. The largest absolute Gasteiger partial charge is 0.464 e. The Morgan fingerprint density at radius 2 is 1.29 bits per heavy atom. The summed E-state index contributed by atoms with van der Waals surface area (Å²) < 4.78 is 19.1. The van der Waals surface area contributed by atoms with Crippen LogP contribution in [0.2, 0.25) is 0 Å². The Balaban J connectivity index is 3.18. The molecule has 1 N–H and O–H groups in total. The summed E-state index contributed by atoms with van der Waals surface area (Å²) in [5.74, 6) is -0.830. The fourth-order valence-electron chi connectivity index (χ4n) is 0.860. The Kier molecular flexibility index (Phi) is 10.5. The molecule has 0 aromatic heterocycles. The van der Waals surface area contributed by atoms with Crippen LogP contribution < -0.4 is 5.32 Å². The zero-order valence-corrected chi connectivity index (χ0v) is 10.2. The van der Waals surface area contributed by atoms with Gasteiger partial charge in [0.15, 0.2) is 0 Å². The van der Waals surface area contributed by atoms with Crippen molar-refractivity contribution in [3.63, 3.8) is 0 Å². The molecule has 0 heterocycles. The van der Waals surface area contributed by atoms with Crippen molar-refractivity contribution < 1.29 is 28.5 Å². The SMILES string of the molecule is CCOC(=O)COCNCOCC(=O)OCC. The van der Waals surface area contributed by atoms with E-state index in [1.54, 1.807) is 13.8 Å². The van der Waals surface area contributed by atoms with Crippen molar-refractivity contribution in [2.75, 3.05) is 39.9 Å². The van der Waals surface area contributed by atoms with E-state index in [1.807, 2.05) is 0 Å². The van der Waals surface area contributed by atoms with E-state index >= 15 is 0 Å². The Morgan fingerprint density at radius 3 is 1.65 bits per heavy atom. The maximum Gasteiger partial charge on any atom is 0.332 e. The average molecular weight is 249 g/mol. The highest BCUT2D eigenvalue weighted by Gasteiger charge is 2.01. The van der Waals surface area contributed by atoms with Crippen LogP contribution in [0.3, 0.4) is 0 Å². The van der Waals surface area contributed by atoms with Crippen LogP contribution >= 0.6 is 0 Å². The van der Waals surface area contributed by atoms with Crippen molar-refractivity contribution in [1.29, 1.82) is 0 Å². The molecule has 0 unspecified atom stereocenters. The van der Waals surface area contributed by atoms with E-state index in [0.29, 0.717) is 13.2 Å². The number of esters is 2. The first kappa shape index (κ1) is 15.8. The van der Waals surface area contributed by atoms with Crippen LogP contribution in [0, 0.1) is 0 Å². The van der Waals surface area contributed by atoms with E-state index in [-0.39, 0.29) is 26.7 Å². The average Bonchev–Trinajstić information content (AvgIpc) is 2.28. The zero-order valence-electron chi connectivity index (χ0n) is 10.2. The fourth-order valence-corrected chi connectivity index (χ4v) is 0.860. The maximum absolute atomic E-state index is 10.8. The summed E-state index contributed by atoms with van der Waals surface area (Å²) in [5.41, 5.74) is 0. The second-order valence-corrected chi connectivity index (χ2v) is 2.85. The number of hydrogen-bond donors (Lipinski definition) is 1. The smallest absolute Gasteiger partial charge is 0.332 e. The zero-order chi connectivity index (χ0) is 12.9. The van der Waals surface area contributed by atoms with Gasteiger partial charge in [0.2, 0.25) is 0 Å². The molecule has 0 rings (SSSR count). The monoisotopic (exact) mass is 249 g/mol. The fraction of sp³-hybridized carbons (Fsp3) is 0.800. The van der Waals surface area contributed by atoms with Gasteiger partial charge in [0.25, 0.3) is 0 Å². The molecule has 0 fully saturated rings. The summed E-state index contributed by atoms with van der Waals surface area (Å²) in [6, 6.07) is 0. The molecule has 0 saturated heterocycles. The number of hydrogen-bond acceptors (Lipinski definition) is 7. The molecule has 0 saturated carbocycles. The molecule has 0 aliphatic carbocycles. The molecular formula is C10H19NO6. The third kappa shape index (κ3) is 11.1. The highest BCUT2D eigenvalue weighted by Crippen LogP contribution is 1.81. The van der Waals surface area contributed by atoms with Crippen LogP contribution in [0.15, 0.2) is 0 Å². The summed E-state index contributed by atoms with van der Waals surface area (Å²) >= 11 is 0. The van der Waals surface area contributed by atoms with Gasteiger partial charge in [-0.15, -0.1) is 0 Å². The van der Waals surface area contributed by atoms with Gasteiger partial charge in [-0.3, -0.25) is 5.32 Å². The van der Waals surface area contributed by atoms with Crippen molar-refractivity contribution in [2.45, 2.75) is 13.8 Å².